The topological polar surface area (TPSA) is 52.9 Å². The summed E-state index contributed by atoms with van der Waals surface area (Å²) in [6.45, 7) is 0. The zero-order valence-corrected chi connectivity index (χ0v) is 11.5. The van der Waals surface area contributed by atoms with Crippen molar-refractivity contribution in [3.05, 3.63) is 28.2 Å². The lowest BCUT2D eigenvalue weighted by molar-refractivity contribution is -0.115. The van der Waals surface area contributed by atoms with Gasteiger partial charge < -0.3 is 5.32 Å². The molecule has 0 spiro atoms. The number of carbonyl (C=O) groups excluding carboxylic acids is 1. The minimum absolute atomic E-state index is 0.00585. The van der Waals surface area contributed by atoms with Gasteiger partial charge in [-0.25, -0.2) is 0 Å². The van der Waals surface area contributed by atoms with Crippen LogP contribution in [0, 0.1) is 11.3 Å². The molecule has 2 rings (SSSR count). The third-order valence-corrected chi connectivity index (χ3v) is 4.45. The number of carbonyl (C=O) groups is 1. The van der Waals surface area contributed by atoms with Crippen molar-refractivity contribution < 1.29 is 4.79 Å². The molecule has 0 aromatic heterocycles. The maximum absolute atomic E-state index is 11.9. The molecular weight excluding hydrogens is 300 g/mol. The number of nitrogens with one attached hydrogen (secondary N) is 1. The molecule has 0 aliphatic carbocycles. The summed E-state index contributed by atoms with van der Waals surface area (Å²) in [6, 6.07) is 7.35. The number of amides is 1. The third kappa shape index (κ3) is 3.02. The smallest absolute Gasteiger partial charge is 0.237 e. The fraction of sp³-hybridized carbons (Fsp3) is 0.333. The van der Waals surface area contributed by atoms with Gasteiger partial charge in [0.25, 0.3) is 0 Å². The van der Waals surface area contributed by atoms with Gasteiger partial charge in [-0.15, -0.1) is 11.8 Å². The van der Waals surface area contributed by atoms with E-state index in [0.717, 1.165) is 23.1 Å². The molecule has 0 bridgehead atoms. The Hall–Kier alpha value is -0.990. The molecule has 1 atom stereocenters. The van der Waals surface area contributed by atoms with E-state index in [4.69, 9.17) is 5.26 Å². The fourth-order valence-corrected chi connectivity index (χ4v) is 3.24. The monoisotopic (exact) mass is 310 g/mol. The summed E-state index contributed by atoms with van der Waals surface area (Å²) >= 11 is 4.98. The highest BCUT2D eigenvalue weighted by molar-refractivity contribution is 9.10. The maximum Gasteiger partial charge on any atom is 0.237 e. The summed E-state index contributed by atoms with van der Waals surface area (Å²) < 4.78 is 0.835. The van der Waals surface area contributed by atoms with Gasteiger partial charge in [0.15, 0.2) is 0 Å². The Morgan fingerprint density at radius 1 is 1.59 bits per heavy atom. The minimum atomic E-state index is 0.00585. The molecule has 1 aromatic rings. The largest absolute Gasteiger partial charge is 0.324 e. The van der Waals surface area contributed by atoms with E-state index in [9.17, 15) is 4.79 Å². The highest BCUT2D eigenvalue weighted by Crippen LogP contribution is 2.28. The summed E-state index contributed by atoms with van der Waals surface area (Å²) in [5, 5.41) is 11.9. The first-order chi connectivity index (χ1) is 8.20. The molecule has 88 valence electrons. The van der Waals surface area contributed by atoms with E-state index >= 15 is 0 Å². The summed E-state index contributed by atoms with van der Waals surface area (Å²) in [6.07, 6.45) is 2.02. The average molecular weight is 311 g/mol. The Balaban J connectivity index is 2.13. The summed E-state index contributed by atoms with van der Waals surface area (Å²) in [5.74, 6) is 1.05. The van der Waals surface area contributed by atoms with Crippen LogP contribution >= 0.6 is 27.7 Å². The summed E-state index contributed by atoms with van der Waals surface area (Å²) in [4.78, 5) is 11.9. The second-order valence-corrected chi connectivity index (χ2v) is 6.02. The van der Waals surface area contributed by atoms with Crippen molar-refractivity contribution in [2.45, 2.75) is 18.1 Å². The van der Waals surface area contributed by atoms with Gasteiger partial charge in [0, 0.05) is 4.47 Å². The Morgan fingerprint density at radius 3 is 3.06 bits per heavy atom. The van der Waals surface area contributed by atoms with Gasteiger partial charge in [0.05, 0.1) is 16.5 Å². The molecule has 0 radical (unpaired) electrons. The minimum Gasteiger partial charge on any atom is -0.324 e. The zero-order chi connectivity index (χ0) is 12.3. The van der Waals surface area contributed by atoms with E-state index in [0.29, 0.717) is 11.3 Å². The number of benzene rings is 1. The number of hydrogen-bond donors (Lipinski definition) is 1. The number of anilines is 1. The van der Waals surface area contributed by atoms with Gasteiger partial charge in [-0.1, -0.05) is 15.9 Å². The summed E-state index contributed by atoms with van der Waals surface area (Å²) in [5.41, 5.74) is 1.07. The van der Waals surface area contributed by atoms with Gasteiger partial charge in [-0.3, -0.25) is 4.79 Å². The normalized spacial score (nSPS) is 18.7. The lowest BCUT2D eigenvalue weighted by Gasteiger charge is -2.11. The molecule has 0 saturated carbocycles. The molecule has 1 aliphatic heterocycles. The highest BCUT2D eigenvalue weighted by Gasteiger charge is 2.23. The second kappa shape index (κ2) is 5.56. The van der Waals surface area contributed by atoms with Crippen LogP contribution in [0.4, 0.5) is 5.69 Å². The van der Waals surface area contributed by atoms with E-state index in [-0.39, 0.29) is 11.2 Å². The van der Waals surface area contributed by atoms with Gasteiger partial charge in [0.1, 0.15) is 6.07 Å². The maximum atomic E-state index is 11.9. The third-order valence-electron chi connectivity index (χ3n) is 2.58. The average Bonchev–Trinajstić information content (AvgIpc) is 2.85. The number of nitrogens with zero attached hydrogens (tertiary/aromatic N) is 1. The van der Waals surface area contributed by atoms with E-state index in [1.165, 1.54) is 0 Å². The Labute approximate surface area is 113 Å². The van der Waals surface area contributed by atoms with Gasteiger partial charge in [0.2, 0.25) is 5.91 Å². The molecule has 1 fully saturated rings. The molecule has 5 heteroatoms. The van der Waals surface area contributed by atoms with Crippen LogP contribution in [0.3, 0.4) is 0 Å². The molecule has 1 aromatic carbocycles. The Morgan fingerprint density at radius 2 is 2.41 bits per heavy atom. The molecule has 3 nitrogen and oxygen atoms in total. The number of thioether (sulfide) groups is 1. The first-order valence-electron chi connectivity index (χ1n) is 5.33. The van der Waals surface area contributed by atoms with E-state index in [2.05, 4.69) is 27.3 Å². The van der Waals surface area contributed by atoms with Crippen LogP contribution in [0.2, 0.25) is 0 Å². The molecule has 1 heterocycles. The standard InChI is InChI=1S/C12H11BrN2OS/c13-9-3-4-10(8(6-9)7-14)15-12(16)11-2-1-5-17-11/h3-4,6,11H,1-2,5H2,(H,15,16). The van der Waals surface area contributed by atoms with Crippen LogP contribution in [0.1, 0.15) is 18.4 Å². The van der Waals surface area contributed by atoms with Crippen molar-refractivity contribution in [2.24, 2.45) is 0 Å². The van der Waals surface area contributed by atoms with Crippen LogP contribution in [-0.4, -0.2) is 16.9 Å². The molecule has 1 N–H and O–H groups in total. The van der Waals surface area contributed by atoms with Gasteiger partial charge in [-0.2, -0.15) is 5.26 Å². The second-order valence-electron chi connectivity index (χ2n) is 3.79. The number of nitriles is 1. The summed E-state index contributed by atoms with van der Waals surface area (Å²) in [7, 11) is 0. The van der Waals surface area contributed by atoms with E-state index < -0.39 is 0 Å². The molecule has 17 heavy (non-hydrogen) atoms. The molecule has 1 saturated heterocycles. The van der Waals surface area contributed by atoms with Crippen LogP contribution in [0.5, 0.6) is 0 Å². The quantitative estimate of drug-likeness (QED) is 0.913. The predicted molar refractivity (Wildman–Crippen MR) is 73.0 cm³/mol. The first-order valence-corrected chi connectivity index (χ1v) is 7.17. The van der Waals surface area contributed by atoms with Crippen LogP contribution in [-0.2, 0) is 4.79 Å². The van der Waals surface area contributed by atoms with Crippen molar-refractivity contribution in [3.8, 4) is 6.07 Å². The Kier molecular flexibility index (Phi) is 4.08. The number of halogens is 1. The molecule has 1 unspecified atom stereocenters. The van der Waals surface area contributed by atoms with Crippen molar-refractivity contribution in [1.29, 1.82) is 5.26 Å². The van der Waals surface area contributed by atoms with Crippen molar-refractivity contribution >= 4 is 39.3 Å². The van der Waals surface area contributed by atoms with Crippen LogP contribution in [0.15, 0.2) is 22.7 Å². The van der Waals surface area contributed by atoms with Crippen molar-refractivity contribution in [3.63, 3.8) is 0 Å². The SMILES string of the molecule is N#Cc1cc(Br)ccc1NC(=O)C1CCCS1. The van der Waals surface area contributed by atoms with E-state index in [1.54, 1.807) is 23.9 Å². The van der Waals surface area contributed by atoms with E-state index in [1.807, 2.05) is 6.07 Å². The highest BCUT2D eigenvalue weighted by atomic mass is 79.9. The fourth-order valence-electron chi connectivity index (χ4n) is 1.72. The molecule has 1 amide bonds. The van der Waals surface area contributed by atoms with Crippen LogP contribution < -0.4 is 5.32 Å². The predicted octanol–water partition coefficient (Wildman–Crippen LogP) is 3.15. The first kappa shape index (κ1) is 12.5. The van der Waals surface area contributed by atoms with Crippen molar-refractivity contribution in [2.75, 3.05) is 11.1 Å². The number of hydrogen-bond acceptors (Lipinski definition) is 3. The van der Waals surface area contributed by atoms with Crippen molar-refractivity contribution in [1.82, 2.24) is 0 Å². The van der Waals surface area contributed by atoms with Gasteiger partial charge in [-0.05, 0) is 36.8 Å². The molecule has 1 aliphatic rings. The number of rotatable bonds is 2. The Bertz CT molecular complexity index is 478. The lowest BCUT2D eigenvalue weighted by atomic mass is 10.2. The molecular formula is C12H11BrN2OS. The van der Waals surface area contributed by atoms with Crippen LogP contribution in [0.25, 0.3) is 0 Å². The zero-order valence-electron chi connectivity index (χ0n) is 9.07. The van der Waals surface area contributed by atoms with Gasteiger partial charge >= 0.3 is 0 Å². The lowest BCUT2D eigenvalue weighted by Crippen LogP contribution is -2.23.